The summed E-state index contributed by atoms with van der Waals surface area (Å²) >= 11 is 0. The number of allylic oxidation sites excluding steroid dienone is 1. The van der Waals surface area contributed by atoms with E-state index in [0.717, 1.165) is 44.9 Å². The largest absolute Gasteiger partial charge is 0.508 e. The number of ketones is 1. The molecule has 3 fully saturated rings. The summed E-state index contributed by atoms with van der Waals surface area (Å²) < 4.78 is 11.5. The second-order valence-corrected chi connectivity index (χ2v) is 13.5. The molecule has 3 saturated carbocycles. The van der Waals surface area contributed by atoms with Crippen LogP contribution in [-0.2, 0) is 14.3 Å². The fourth-order valence-corrected chi connectivity index (χ4v) is 8.95. The molecule has 0 spiro atoms. The molecule has 4 rings (SSSR count). The summed E-state index contributed by atoms with van der Waals surface area (Å²) in [5.41, 5.74) is 1.65. The van der Waals surface area contributed by atoms with Gasteiger partial charge in [0.15, 0.2) is 5.78 Å². The van der Waals surface area contributed by atoms with Crippen molar-refractivity contribution in [2.45, 2.75) is 143 Å². The highest BCUT2D eigenvalue weighted by Gasteiger charge is 2.61. The molecule has 4 aliphatic carbocycles. The number of hydrogen-bond donors (Lipinski definition) is 0. The van der Waals surface area contributed by atoms with Crippen molar-refractivity contribution in [3.63, 3.8) is 0 Å². The van der Waals surface area contributed by atoms with Gasteiger partial charge >= 0.3 is 6.16 Å². The van der Waals surface area contributed by atoms with Crippen molar-refractivity contribution < 1.29 is 19.1 Å². The number of ether oxygens (including phenoxy) is 2. The first-order valence-electron chi connectivity index (χ1n) is 15.9. The molecule has 0 saturated heterocycles. The highest BCUT2D eigenvalue weighted by atomic mass is 16.7. The van der Waals surface area contributed by atoms with Crippen LogP contribution in [0.25, 0.3) is 0 Å². The van der Waals surface area contributed by atoms with Gasteiger partial charge in [-0.2, -0.15) is 0 Å². The molecule has 0 bridgehead atoms. The van der Waals surface area contributed by atoms with Gasteiger partial charge in [-0.3, -0.25) is 4.79 Å². The number of carbonyl (C=O) groups excluding carboxylic acids is 2. The van der Waals surface area contributed by atoms with Gasteiger partial charge in [-0.15, -0.1) is 0 Å². The molecule has 4 aliphatic rings. The standard InChI is InChI=1S/C33H54O4/c1-5-6-7-8-9-10-11-12-13-14-21-36-31(35)37-29-16-15-27-30-24(2)22-25-23-26(34)17-19-32(25,3)28(30)18-20-33(27,29)4/h23-24,27-30H,5-22H2,1-4H3/t24-,27?,28?,29-,30?,32-,33-/m0/s1. The van der Waals surface area contributed by atoms with E-state index in [1.54, 1.807) is 0 Å². The highest BCUT2D eigenvalue weighted by Crippen LogP contribution is 2.66. The van der Waals surface area contributed by atoms with Gasteiger partial charge in [0.1, 0.15) is 6.10 Å². The maximum absolute atomic E-state index is 12.6. The Labute approximate surface area is 226 Å². The van der Waals surface area contributed by atoms with Crippen molar-refractivity contribution in [3.8, 4) is 0 Å². The van der Waals surface area contributed by atoms with Crippen LogP contribution in [0.3, 0.4) is 0 Å². The van der Waals surface area contributed by atoms with Crippen LogP contribution in [0.4, 0.5) is 4.79 Å². The van der Waals surface area contributed by atoms with E-state index in [1.807, 2.05) is 6.08 Å². The Morgan fingerprint density at radius 1 is 0.919 bits per heavy atom. The van der Waals surface area contributed by atoms with Gasteiger partial charge in [-0.05, 0) is 80.1 Å². The molecule has 0 amide bonds. The normalized spacial score (nSPS) is 36.8. The molecule has 7 atom stereocenters. The molecular formula is C33H54O4. The highest BCUT2D eigenvalue weighted by molar-refractivity contribution is 5.91. The predicted molar refractivity (Wildman–Crippen MR) is 149 cm³/mol. The van der Waals surface area contributed by atoms with Crippen LogP contribution >= 0.6 is 0 Å². The minimum Gasteiger partial charge on any atom is -0.434 e. The maximum atomic E-state index is 12.6. The molecule has 3 unspecified atom stereocenters. The van der Waals surface area contributed by atoms with Gasteiger partial charge in [0.05, 0.1) is 6.61 Å². The Morgan fingerprint density at radius 3 is 2.30 bits per heavy atom. The van der Waals surface area contributed by atoms with Gasteiger partial charge in [-0.1, -0.05) is 91.1 Å². The summed E-state index contributed by atoms with van der Waals surface area (Å²) in [4.78, 5) is 24.8. The number of carbonyl (C=O) groups is 2. The Kier molecular flexibility index (Phi) is 9.84. The van der Waals surface area contributed by atoms with Gasteiger partial charge in [-0.25, -0.2) is 4.79 Å². The second-order valence-electron chi connectivity index (χ2n) is 13.5. The van der Waals surface area contributed by atoms with Crippen molar-refractivity contribution in [1.82, 2.24) is 0 Å². The fraction of sp³-hybridized carbons (Fsp3) is 0.879. The summed E-state index contributed by atoms with van der Waals surface area (Å²) in [6, 6.07) is 0. The molecule has 37 heavy (non-hydrogen) atoms. The van der Waals surface area contributed by atoms with Crippen molar-refractivity contribution in [1.29, 1.82) is 0 Å². The lowest BCUT2D eigenvalue weighted by Crippen LogP contribution is -2.54. The average molecular weight is 515 g/mol. The minimum atomic E-state index is -0.454. The van der Waals surface area contributed by atoms with Crippen LogP contribution in [0.15, 0.2) is 11.6 Å². The molecular weight excluding hydrogens is 460 g/mol. The van der Waals surface area contributed by atoms with Crippen LogP contribution in [0.5, 0.6) is 0 Å². The SMILES string of the molecule is CCCCCCCCCCCCOC(=O)O[C@H]1CCC2C3C(CC[C@@]21C)[C@@]1(C)CCC(=O)C=C1C[C@@H]3C. The van der Waals surface area contributed by atoms with E-state index in [0.29, 0.717) is 42.5 Å². The Balaban J connectivity index is 1.21. The molecule has 0 aromatic heterocycles. The fourth-order valence-electron chi connectivity index (χ4n) is 8.95. The summed E-state index contributed by atoms with van der Waals surface area (Å²) in [5, 5.41) is 0. The number of hydrogen-bond acceptors (Lipinski definition) is 4. The third kappa shape index (κ3) is 6.30. The number of rotatable bonds is 12. The molecule has 210 valence electrons. The molecule has 0 aliphatic heterocycles. The molecule has 4 nitrogen and oxygen atoms in total. The first kappa shape index (κ1) is 28.7. The molecule has 0 aromatic rings. The summed E-state index contributed by atoms with van der Waals surface area (Å²) in [7, 11) is 0. The van der Waals surface area contributed by atoms with E-state index in [4.69, 9.17) is 9.47 Å². The van der Waals surface area contributed by atoms with Crippen molar-refractivity contribution in [2.75, 3.05) is 6.61 Å². The monoisotopic (exact) mass is 514 g/mol. The van der Waals surface area contributed by atoms with E-state index in [1.165, 1.54) is 63.4 Å². The van der Waals surface area contributed by atoms with Gasteiger partial charge < -0.3 is 9.47 Å². The van der Waals surface area contributed by atoms with E-state index in [-0.39, 0.29) is 16.9 Å². The van der Waals surface area contributed by atoms with Crippen LogP contribution in [0.1, 0.15) is 137 Å². The molecule has 0 heterocycles. The van der Waals surface area contributed by atoms with E-state index < -0.39 is 6.16 Å². The Bertz CT molecular complexity index is 817. The maximum Gasteiger partial charge on any atom is 0.508 e. The lowest BCUT2D eigenvalue weighted by Gasteiger charge is -2.59. The van der Waals surface area contributed by atoms with Gasteiger partial charge in [0, 0.05) is 11.8 Å². The summed E-state index contributed by atoms with van der Waals surface area (Å²) in [6.07, 6.45) is 21.4. The molecule has 0 aromatic carbocycles. The van der Waals surface area contributed by atoms with E-state index >= 15 is 0 Å². The Morgan fingerprint density at radius 2 is 1.59 bits per heavy atom. The minimum absolute atomic E-state index is 0.0245. The molecule has 0 N–H and O–H groups in total. The van der Waals surface area contributed by atoms with E-state index in [9.17, 15) is 9.59 Å². The number of unbranched alkanes of at least 4 members (excludes halogenated alkanes) is 9. The zero-order valence-corrected chi connectivity index (χ0v) is 24.3. The van der Waals surface area contributed by atoms with Crippen LogP contribution in [-0.4, -0.2) is 24.6 Å². The van der Waals surface area contributed by atoms with Crippen LogP contribution < -0.4 is 0 Å². The van der Waals surface area contributed by atoms with Crippen LogP contribution in [0.2, 0.25) is 0 Å². The van der Waals surface area contributed by atoms with Crippen molar-refractivity contribution in [2.24, 2.45) is 34.5 Å². The third-order valence-electron chi connectivity index (χ3n) is 11.2. The van der Waals surface area contributed by atoms with E-state index in [2.05, 4.69) is 27.7 Å². The lowest BCUT2D eigenvalue weighted by atomic mass is 9.45. The zero-order valence-electron chi connectivity index (χ0n) is 24.3. The summed E-state index contributed by atoms with van der Waals surface area (Å²) in [6.45, 7) is 9.96. The smallest absolute Gasteiger partial charge is 0.434 e. The first-order valence-corrected chi connectivity index (χ1v) is 15.9. The first-order chi connectivity index (χ1) is 17.8. The quantitative estimate of drug-likeness (QED) is 0.192. The lowest BCUT2D eigenvalue weighted by molar-refractivity contribution is -0.120. The van der Waals surface area contributed by atoms with Gasteiger partial charge in [0.25, 0.3) is 0 Å². The summed E-state index contributed by atoms with van der Waals surface area (Å²) in [5.74, 6) is 2.81. The second kappa shape index (κ2) is 12.7. The Hall–Kier alpha value is -1.32. The topological polar surface area (TPSA) is 52.6 Å². The van der Waals surface area contributed by atoms with Crippen molar-refractivity contribution in [3.05, 3.63) is 11.6 Å². The molecule has 4 heteroatoms. The average Bonchev–Trinajstić information content (AvgIpc) is 3.19. The van der Waals surface area contributed by atoms with Gasteiger partial charge in [0.2, 0.25) is 0 Å². The van der Waals surface area contributed by atoms with Crippen LogP contribution in [0, 0.1) is 34.5 Å². The number of fused-ring (bicyclic) bond motifs is 5. The predicted octanol–water partition coefficient (Wildman–Crippen LogP) is 9.21. The zero-order chi connectivity index (χ0) is 26.5. The third-order valence-corrected chi connectivity index (χ3v) is 11.2. The molecule has 0 radical (unpaired) electrons. The van der Waals surface area contributed by atoms with Crippen molar-refractivity contribution >= 4 is 11.9 Å².